The van der Waals surface area contributed by atoms with Gasteiger partial charge in [-0.2, -0.15) is 4.98 Å². The van der Waals surface area contributed by atoms with Gasteiger partial charge in [-0.1, -0.05) is 23.7 Å². The number of para-hydroxylation sites is 1. The second-order valence-electron chi connectivity index (χ2n) is 6.37. The second kappa shape index (κ2) is 7.35. The highest BCUT2D eigenvalue weighted by Gasteiger charge is 2.27. The van der Waals surface area contributed by atoms with E-state index in [0.29, 0.717) is 29.0 Å². The molecule has 4 rings (SSSR count). The van der Waals surface area contributed by atoms with Crippen LogP contribution in [-0.2, 0) is 6.54 Å². The van der Waals surface area contributed by atoms with E-state index in [2.05, 4.69) is 20.4 Å². The molecule has 0 bridgehead atoms. The average Bonchev–Trinajstić information content (AvgIpc) is 2.64. The largest absolute Gasteiger partial charge is 0.393 e. The summed E-state index contributed by atoms with van der Waals surface area (Å²) in [6.07, 6.45) is 5.07. The van der Waals surface area contributed by atoms with Crippen LogP contribution in [0.3, 0.4) is 0 Å². The molecule has 7 nitrogen and oxygen atoms in total. The Bertz CT molecular complexity index is 829. The zero-order chi connectivity index (χ0) is 18.1. The van der Waals surface area contributed by atoms with Crippen molar-refractivity contribution in [2.45, 2.75) is 25.5 Å². The quantitative estimate of drug-likeness (QED) is 0.695. The standard InChI is InChI=1S/C17H19ClN5O2P/c18-13-3-1-2-4-14(13)23-10-11-9-19-16(20-15(11)21-17(23)25)22-26-7-5-12(24)6-8-26/h1-4,9,12,24H,5-8,10H2,(H2,19,20,21,22,25). The molecule has 26 heavy (non-hydrogen) atoms. The molecule has 2 aliphatic rings. The SMILES string of the molecule is O=C1Nc2nc(NP3CCC(O)CC3)ncc2CN1c1ccccc1Cl. The van der Waals surface area contributed by atoms with Crippen molar-refractivity contribution in [1.29, 1.82) is 0 Å². The molecule has 1 aromatic heterocycles. The van der Waals surface area contributed by atoms with Crippen LogP contribution in [0.2, 0.25) is 5.02 Å². The number of hydrogen-bond acceptors (Lipinski definition) is 5. The number of fused-ring (bicyclic) bond motifs is 1. The van der Waals surface area contributed by atoms with E-state index in [1.54, 1.807) is 17.2 Å². The fourth-order valence-corrected chi connectivity index (χ4v) is 5.37. The third-order valence-electron chi connectivity index (χ3n) is 4.53. The Morgan fingerprint density at radius 3 is 2.85 bits per heavy atom. The number of hydrogen-bond donors (Lipinski definition) is 3. The zero-order valence-electron chi connectivity index (χ0n) is 14.0. The van der Waals surface area contributed by atoms with Crippen LogP contribution in [0.15, 0.2) is 30.5 Å². The molecule has 1 fully saturated rings. The van der Waals surface area contributed by atoms with Crippen LogP contribution in [0.25, 0.3) is 0 Å². The Labute approximate surface area is 157 Å². The maximum Gasteiger partial charge on any atom is 0.327 e. The molecule has 0 atom stereocenters. The lowest BCUT2D eigenvalue weighted by Crippen LogP contribution is -2.39. The summed E-state index contributed by atoms with van der Waals surface area (Å²) in [6, 6.07) is 6.98. The van der Waals surface area contributed by atoms with Gasteiger partial charge >= 0.3 is 6.03 Å². The first-order chi connectivity index (χ1) is 12.6. The van der Waals surface area contributed by atoms with Crippen molar-refractivity contribution >= 4 is 43.2 Å². The van der Waals surface area contributed by atoms with E-state index in [0.717, 1.165) is 30.7 Å². The number of anilines is 3. The molecule has 0 radical (unpaired) electrons. The molecule has 2 aliphatic heterocycles. The molecular weight excluding hydrogens is 373 g/mol. The first kappa shape index (κ1) is 17.5. The molecule has 136 valence electrons. The van der Waals surface area contributed by atoms with Crippen molar-refractivity contribution in [3.05, 3.63) is 41.0 Å². The molecule has 0 aliphatic carbocycles. The monoisotopic (exact) mass is 391 g/mol. The number of rotatable bonds is 3. The predicted molar refractivity (Wildman–Crippen MR) is 104 cm³/mol. The van der Waals surface area contributed by atoms with Crippen LogP contribution >= 0.6 is 19.7 Å². The summed E-state index contributed by atoms with van der Waals surface area (Å²) in [5.41, 5.74) is 1.49. The highest BCUT2D eigenvalue weighted by atomic mass is 35.5. The van der Waals surface area contributed by atoms with Gasteiger partial charge in [-0.25, -0.2) is 9.78 Å². The van der Waals surface area contributed by atoms with E-state index in [1.807, 2.05) is 18.2 Å². The minimum absolute atomic E-state index is 0.185. The van der Waals surface area contributed by atoms with Crippen LogP contribution in [0, 0.1) is 0 Å². The molecule has 1 aromatic carbocycles. The third-order valence-corrected chi connectivity index (χ3v) is 6.96. The number of nitrogens with zero attached hydrogens (tertiary/aromatic N) is 3. The number of aromatic nitrogens is 2. The molecule has 2 amide bonds. The van der Waals surface area contributed by atoms with E-state index >= 15 is 0 Å². The van der Waals surface area contributed by atoms with Crippen molar-refractivity contribution < 1.29 is 9.90 Å². The number of aliphatic hydroxyl groups excluding tert-OH is 1. The van der Waals surface area contributed by atoms with Crippen LogP contribution in [-0.4, -0.2) is 39.5 Å². The van der Waals surface area contributed by atoms with Gasteiger partial charge in [0.05, 0.1) is 23.4 Å². The maximum absolute atomic E-state index is 12.5. The molecule has 1 saturated heterocycles. The molecule has 3 N–H and O–H groups in total. The van der Waals surface area contributed by atoms with Crippen LogP contribution in [0.1, 0.15) is 18.4 Å². The van der Waals surface area contributed by atoms with E-state index in [1.165, 1.54) is 0 Å². The number of urea groups is 1. The van der Waals surface area contributed by atoms with Crippen molar-refractivity contribution in [3.8, 4) is 0 Å². The van der Waals surface area contributed by atoms with Gasteiger partial charge in [0.25, 0.3) is 0 Å². The fraction of sp³-hybridized carbons (Fsp3) is 0.353. The maximum atomic E-state index is 12.5. The summed E-state index contributed by atoms with van der Waals surface area (Å²) in [5.74, 6) is 1.06. The first-order valence-electron chi connectivity index (χ1n) is 8.49. The lowest BCUT2D eigenvalue weighted by molar-refractivity contribution is 0.164. The van der Waals surface area contributed by atoms with E-state index in [-0.39, 0.29) is 12.1 Å². The zero-order valence-corrected chi connectivity index (χ0v) is 15.7. The summed E-state index contributed by atoms with van der Waals surface area (Å²) in [7, 11) is -0.424. The average molecular weight is 392 g/mol. The van der Waals surface area contributed by atoms with E-state index in [4.69, 9.17) is 11.6 Å². The summed E-state index contributed by atoms with van der Waals surface area (Å²) < 4.78 is 0. The van der Waals surface area contributed by atoms with Gasteiger partial charge in [-0.05, 0) is 45.4 Å². The van der Waals surface area contributed by atoms with Crippen LogP contribution in [0.4, 0.5) is 22.2 Å². The normalized spacial score (nSPS) is 22.5. The lowest BCUT2D eigenvalue weighted by Gasteiger charge is -2.30. The lowest BCUT2D eigenvalue weighted by atomic mass is 10.2. The first-order valence-corrected chi connectivity index (χ1v) is 10.6. The number of amides is 2. The molecule has 3 heterocycles. The Morgan fingerprint density at radius 2 is 2.08 bits per heavy atom. The summed E-state index contributed by atoms with van der Waals surface area (Å²) in [6.45, 7) is 0.367. The number of carbonyl (C=O) groups excluding carboxylic acids is 1. The van der Waals surface area contributed by atoms with E-state index < -0.39 is 8.07 Å². The van der Waals surface area contributed by atoms with Crippen LogP contribution in [0.5, 0.6) is 0 Å². The van der Waals surface area contributed by atoms with Crippen molar-refractivity contribution in [3.63, 3.8) is 0 Å². The second-order valence-corrected chi connectivity index (χ2v) is 8.97. The van der Waals surface area contributed by atoms with Gasteiger partial charge in [-0.15, -0.1) is 0 Å². The van der Waals surface area contributed by atoms with Crippen molar-refractivity contribution in [2.75, 3.05) is 27.6 Å². The third kappa shape index (κ3) is 3.61. The highest BCUT2D eigenvalue weighted by molar-refractivity contribution is 7.59. The Balaban J connectivity index is 1.51. The smallest absolute Gasteiger partial charge is 0.327 e. The minimum atomic E-state index is -0.424. The molecule has 0 spiro atoms. The van der Waals surface area contributed by atoms with Crippen molar-refractivity contribution in [1.82, 2.24) is 9.97 Å². The number of carbonyl (C=O) groups is 1. The van der Waals surface area contributed by atoms with Crippen LogP contribution < -0.4 is 15.3 Å². The Kier molecular flexibility index (Phi) is 4.94. The number of nitrogens with one attached hydrogen (secondary N) is 2. The molecule has 0 saturated carbocycles. The van der Waals surface area contributed by atoms with Gasteiger partial charge in [0, 0.05) is 11.8 Å². The molecule has 0 unspecified atom stereocenters. The molecule has 2 aromatic rings. The van der Waals surface area contributed by atoms with Gasteiger partial charge in [0.2, 0.25) is 5.95 Å². The number of halogens is 1. The minimum Gasteiger partial charge on any atom is -0.393 e. The summed E-state index contributed by atoms with van der Waals surface area (Å²) in [4.78, 5) is 22.9. The van der Waals surface area contributed by atoms with E-state index in [9.17, 15) is 9.90 Å². The molecule has 9 heteroatoms. The number of aliphatic hydroxyl groups is 1. The fourth-order valence-electron chi connectivity index (χ4n) is 3.08. The number of benzene rings is 1. The topological polar surface area (TPSA) is 90.4 Å². The van der Waals surface area contributed by atoms with Gasteiger partial charge in [-0.3, -0.25) is 10.2 Å². The summed E-state index contributed by atoms with van der Waals surface area (Å²) in [5, 5.41) is 16.3. The predicted octanol–water partition coefficient (Wildman–Crippen LogP) is 3.65. The van der Waals surface area contributed by atoms with Gasteiger partial charge in [0.1, 0.15) is 5.82 Å². The van der Waals surface area contributed by atoms with Gasteiger partial charge in [0.15, 0.2) is 0 Å². The molecular formula is C17H19ClN5O2P. The Morgan fingerprint density at radius 1 is 1.31 bits per heavy atom. The Hall–Kier alpha value is -1.95. The summed E-state index contributed by atoms with van der Waals surface area (Å²) >= 11 is 6.22. The van der Waals surface area contributed by atoms with Crippen molar-refractivity contribution in [2.24, 2.45) is 0 Å². The van der Waals surface area contributed by atoms with Gasteiger partial charge < -0.3 is 10.2 Å². The highest BCUT2D eigenvalue weighted by Crippen LogP contribution is 2.41.